The summed E-state index contributed by atoms with van der Waals surface area (Å²) < 4.78 is 18.6. The van der Waals surface area contributed by atoms with Gasteiger partial charge in [-0.3, -0.25) is 0 Å². The predicted molar refractivity (Wildman–Crippen MR) is 102 cm³/mol. The van der Waals surface area contributed by atoms with Crippen molar-refractivity contribution < 1.29 is 14.2 Å². The Balaban J connectivity index is 4.94. The quantitative estimate of drug-likeness (QED) is 0.326. The third-order valence-corrected chi connectivity index (χ3v) is 3.89. The van der Waals surface area contributed by atoms with Crippen molar-refractivity contribution in [3.8, 4) is 0 Å². The Morgan fingerprint density at radius 2 is 1.12 bits per heavy atom. The molecule has 24 heavy (non-hydrogen) atoms. The molecule has 0 rings (SSSR count). The van der Waals surface area contributed by atoms with Crippen LogP contribution < -0.4 is 5.73 Å². The summed E-state index contributed by atoms with van der Waals surface area (Å²) in [4.78, 5) is 0. The second kappa shape index (κ2) is 13.1. The summed E-state index contributed by atoms with van der Waals surface area (Å²) in [6, 6.07) is 0. The summed E-state index contributed by atoms with van der Waals surface area (Å²) in [5.41, 5.74) is 6.11. The van der Waals surface area contributed by atoms with E-state index in [1.54, 1.807) is 0 Å². The molecule has 1 unspecified atom stereocenters. The Kier molecular flexibility index (Phi) is 13.0. The molecule has 0 bridgehead atoms. The fourth-order valence-corrected chi connectivity index (χ4v) is 2.97. The lowest BCUT2D eigenvalue weighted by atomic mass is 9.97. The van der Waals surface area contributed by atoms with Crippen LogP contribution in [0, 0.1) is 5.92 Å². The van der Waals surface area contributed by atoms with E-state index in [0.29, 0.717) is 6.54 Å². The van der Waals surface area contributed by atoms with Crippen molar-refractivity contribution in [1.82, 2.24) is 0 Å². The Labute approximate surface area is 150 Å². The summed E-state index contributed by atoms with van der Waals surface area (Å²) in [7, 11) is 0. The highest BCUT2D eigenvalue weighted by Crippen LogP contribution is 2.33. The molecular formula is C20H43NO3. The molecule has 4 heteroatoms. The lowest BCUT2D eigenvalue weighted by Crippen LogP contribution is -2.53. The molecule has 4 nitrogen and oxygen atoms in total. The normalized spacial score (nSPS) is 14.1. The maximum atomic E-state index is 6.18. The van der Waals surface area contributed by atoms with Gasteiger partial charge in [0, 0.05) is 6.54 Å². The van der Waals surface area contributed by atoms with E-state index in [4.69, 9.17) is 19.9 Å². The first-order valence-electron chi connectivity index (χ1n) is 10.0. The van der Waals surface area contributed by atoms with Gasteiger partial charge in [-0.25, -0.2) is 0 Å². The Bertz CT molecular complexity index is 266. The van der Waals surface area contributed by atoms with Gasteiger partial charge in [0.05, 0.1) is 24.2 Å². The van der Waals surface area contributed by atoms with E-state index >= 15 is 0 Å². The highest BCUT2D eigenvalue weighted by Gasteiger charge is 2.44. The number of hydrogen-bond donors (Lipinski definition) is 1. The SMILES string of the molecule is CCCCCCCCC(CN)C(OC(C)C)(OC(C)C)OC(C)C. The van der Waals surface area contributed by atoms with E-state index in [2.05, 4.69) is 6.92 Å². The van der Waals surface area contributed by atoms with Crippen LogP contribution in [0.1, 0.15) is 93.4 Å². The van der Waals surface area contributed by atoms with E-state index < -0.39 is 5.97 Å². The molecule has 2 N–H and O–H groups in total. The molecule has 0 saturated heterocycles. The van der Waals surface area contributed by atoms with Gasteiger partial charge in [0.2, 0.25) is 0 Å². The van der Waals surface area contributed by atoms with Crippen LogP contribution in [0.3, 0.4) is 0 Å². The van der Waals surface area contributed by atoms with E-state index in [1.165, 1.54) is 32.1 Å². The zero-order valence-electron chi connectivity index (χ0n) is 17.3. The van der Waals surface area contributed by atoms with Crippen molar-refractivity contribution in [3.05, 3.63) is 0 Å². The van der Waals surface area contributed by atoms with E-state index in [9.17, 15) is 0 Å². The zero-order valence-corrected chi connectivity index (χ0v) is 17.3. The zero-order chi connectivity index (χ0) is 18.6. The molecule has 0 spiro atoms. The van der Waals surface area contributed by atoms with Gasteiger partial charge in [0.15, 0.2) is 0 Å². The summed E-state index contributed by atoms with van der Waals surface area (Å²) in [6.07, 6.45) is 8.60. The first kappa shape index (κ1) is 23.8. The van der Waals surface area contributed by atoms with Gasteiger partial charge in [-0.2, -0.15) is 0 Å². The maximum Gasteiger partial charge on any atom is 0.287 e. The van der Waals surface area contributed by atoms with E-state index in [1.807, 2.05) is 41.5 Å². The summed E-state index contributed by atoms with van der Waals surface area (Å²) in [6.45, 7) is 14.8. The van der Waals surface area contributed by atoms with Crippen LogP contribution in [0.2, 0.25) is 0 Å². The molecule has 0 radical (unpaired) electrons. The Morgan fingerprint density at radius 1 is 0.708 bits per heavy atom. The number of hydrogen-bond acceptors (Lipinski definition) is 4. The molecule has 0 aromatic heterocycles. The van der Waals surface area contributed by atoms with Gasteiger partial charge < -0.3 is 19.9 Å². The highest BCUT2D eigenvalue weighted by molar-refractivity contribution is 4.76. The minimum atomic E-state index is -1.05. The summed E-state index contributed by atoms with van der Waals surface area (Å²) in [5, 5.41) is 0. The third-order valence-electron chi connectivity index (χ3n) is 3.89. The van der Waals surface area contributed by atoms with Gasteiger partial charge in [0.1, 0.15) is 0 Å². The van der Waals surface area contributed by atoms with Crippen LogP contribution in [0.25, 0.3) is 0 Å². The molecule has 0 aliphatic carbocycles. The maximum absolute atomic E-state index is 6.18. The van der Waals surface area contributed by atoms with Gasteiger partial charge >= 0.3 is 0 Å². The Morgan fingerprint density at radius 3 is 1.50 bits per heavy atom. The first-order valence-corrected chi connectivity index (χ1v) is 10.0. The average Bonchev–Trinajstić information content (AvgIpc) is 2.44. The fraction of sp³-hybridized carbons (Fsp3) is 1.00. The third kappa shape index (κ3) is 9.97. The molecule has 0 aliphatic rings. The van der Waals surface area contributed by atoms with Gasteiger partial charge in [-0.05, 0) is 48.0 Å². The smallest absolute Gasteiger partial charge is 0.287 e. The van der Waals surface area contributed by atoms with Crippen molar-refractivity contribution in [2.45, 2.75) is 118 Å². The average molecular weight is 346 g/mol. The standard InChI is InChI=1S/C20H43NO3/c1-8-9-10-11-12-13-14-19(15-21)20(22-16(2)3,23-17(4)5)24-18(6)7/h16-19H,8-15,21H2,1-7H3. The molecule has 0 heterocycles. The molecule has 0 aromatic rings. The highest BCUT2D eigenvalue weighted by atomic mass is 16.9. The fourth-order valence-electron chi connectivity index (χ4n) is 2.97. The lowest BCUT2D eigenvalue weighted by molar-refractivity contribution is -0.431. The van der Waals surface area contributed by atoms with Crippen molar-refractivity contribution in [3.63, 3.8) is 0 Å². The largest absolute Gasteiger partial charge is 0.330 e. The van der Waals surface area contributed by atoms with Crippen LogP contribution in [-0.2, 0) is 14.2 Å². The summed E-state index contributed by atoms with van der Waals surface area (Å²) >= 11 is 0. The van der Waals surface area contributed by atoms with Gasteiger partial charge in [0.25, 0.3) is 5.97 Å². The Hall–Kier alpha value is -0.160. The van der Waals surface area contributed by atoms with Gasteiger partial charge in [-0.15, -0.1) is 0 Å². The van der Waals surface area contributed by atoms with E-state index in [-0.39, 0.29) is 24.2 Å². The van der Waals surface area contributed by atoms with E-state index in [0.717, 1.165) is 12.8 Å². The van der Waals surface area contributed by atoms with Crippen molar-refractivity contribution >= 4 is 0 Å². The van der Waals surface area contributed by atoms with Crippen LogP contribution in [-0.4, -0.2) is 30.8 Å². The predicted octanol–water partition coefficient (Wildman–Crippen LogP) is 5.24. The molecule has 0 aromatic carbocycles. The molecule has 1 atom stereocenters. The van der Waals surface area contributed by atoms with Crippen molar-refractivity contribution in [2.24, 2.45) is 11.7 Å². The van der Waals surface area contributed by atoms with Crippen LogP contribution in [0.4, 0.5) is 0 Å². The van der Waals surface area contributed by atoms with Crippen molar-refractivity contribution in [2.75, 3.05) is 6.54 Å². The lowest BCUT2D eigenvalue weighted by Gasteiger charge is -2.42. The molecule has 0 fully saturated rings. The minimum absolute atomic E-state index is 0.0149. The van der Waals surface area contributed by atoms with Crippen LogP contribution in [0.15, 0.2) is 0 Å². The number of ether oxygens (including phenoxy) is 3. The molecule has 0 amide bonds. The van der Waals surface area contributed by atoms with Gasteiger partial charge in [-0.1, -0.05) is 45.4 Å². The topological polar surface area (TPSA) is 53.7 Å². The molecule has 0 aliphatic heterocycles. The molecule has 146 valence electrons. The molecular weight excluding hydrogens is 302 g/mol. The van der Waals surface area contributed by atoms with Crippen LogP contribution >= 0.6 is 0 Å². The first-order chi connectivity index (χ1) is 11.3. The number of nitrogens with two attached hydrogens (primary N) is 1. The number of rotatable bonds is 15. The minimum Gasteiger partial charge on any atom is -0.330 e. The number of unbranched alkanes of at least 4 members (excludes halogenated alkanes) is 5. The molecule has 0 saturated carbocycles. The second-order valence-electron chi connectivity index (χ2n) is 7.59. The second-order valence-corrected chi connectivity index (χ2v) is 7.59. The van der Waals surface area contributed by atoms with Crippen LogP contribution in [0.5, 0.6) is 0 Å². The van der Waals surface area contributed by atoms with Crippen molar-refractivity contribution in [1.29, 1.82) is 0 Å². The summed E-state index contributed by atoms with van der Waals surface area (Å²) in [5.74, 6) is -1.01. The monoisotopic (exact) mass is 345 g/mol.